The van der Waals surface area contributed by atoms with E-state index in [4.69, 9.17) is 23.2 Å². The summed E-state index contributed by atoms with van der Waals surface area (Å²) in [6.07, 6.45) is 0. The van der Waals surface area contributed by atoms with Crippen LogP contribution in [0.1, 0.15) is 49.9 Å². The van der Waals surface area contributed by atoms with E-state index in [2.05, 4.69) is 184 Å². The lowest BCUT2D eigenvalue weighted by Gasteiger charge is -2.28. The van der Waals surface area contributed by atoms with Crippen LogP contribution in [0.3, 0.4) is 0 Å². The van der Waals surface area contributed by atoms with Crippen molar-refractivity contribution in [2.45, 2.75) is 38.5 Å². The topological polar surface area (TPSA) is 3.24 Å². The number of fused-ring (bicyclic) bond motifs is 8. The first-order valence-corrected chi connectivity index (χ1v) is 21.1. The number of halogens is 2. The molecule has 0 saturated heterocycles. The van der Waals surface area contributed by atoms with Crippen molar-refractivity contribution in [3.05, 3.63) is 208 Å². The second kappa shape index (κ2) is 13.2. The zero-order valence-corrected chi connectivity index (χ0v) is 35.0. The lowest BCUT2D eigenvalue weighted by atomic mass is 9.79. The Bertz CT molecular complexity index is 3070. The van der Waals surface area contributed by atoms with Crippen molar-refractivity contribution in [3.8, 4) is 44.5 Å². The number of benzene rings is 9. The first kappa shape index (κ1) is 36.0. The molecular weight excluding hydrogens is 758 g/mol. The van der Waals surface area contributed by atoms with E-state index in [-0.39, 0.29) is 10.8 Å². The van der Waals surface area contributed by atoms with Gasteiger partial charge in [0, 0.05) is 37.9 Å². The number of nitrogens with zero attached hydrogens (tertiary/aromatic N) is 1. The van der Waals surface area contributed by atoms with Crippen LogP contribution >= 0.6 is 23.2 Å². The summed E-state index contributed by atoms with van der Waals surface area (Å²) in [7, 11) is 0. The normalized spacial score (nSPS) is 14.2. The fourth-order valence-corrected chi connectivity index (χ4v) is 10.5. The molecule has 0 bridgehead atoms. The molecule has 0 atom stereocenters. The monoisotopic (exact) mass is 797 g/mol. The zero-order chi connectivity index (χ0) is 40.2. The van der Waals surface area contributed by atoms with Crippen LogP contribution in [0, 0.1) is 0 Å². The van der Waals surface area contributed by atoms with E-state index in [1.54, 1.807) is 0 Å². The lowest BCUT2D eigenvalue weighted by Crippen LogP contribution is -2.16. The van der Waals surface area contributed by atoms with Crippen LogP contribution in [0.4, 0.5) is 17.1 Å². The van der Waals surface area contributed by atoms with Gasteiger partial charge in [0.2, 0.25) is 0 Å². The molecule has 11 rings (SSSR count). The van der Waals surface area contributed by atoms with E-state index in [1.165, 1.54) is 88.3 Å². The molecule has 0 heterocycles. The van der Waals surface area contributed by atoms with Crippen LogP contribution in [0.5, 0.6) is 0 Å². The van der Waals surface area contributed by atoms with Gasteiger partial charge in [-0.15, -0.1) is 0 Å². The van der Waals surface area contributed by atoms with E-state index in [1.807, 2.05) is 24.3 Å². The van der Waals surface area contributed by atoms with Crippen LogP contribution < -0.4 is 4.90 Å². The summed E-state index contributed by atoms with van der Waals surface area (Å²) < 4.78 is 0. The van der Waals surface area contributed by atoms with Crippen LogP contribution in [0.25, 0.3) is 66.1 Å². The molecule has 9 aromatic rings. The summed E-state index contributed by atoms with van der Waals surface area (Å²) in [5, 5.41) is 6.49. The maximum absolute atomic E-state index is 6.36. The van der Waals surface area contributed by atoms with Crippen molar-refractivity contribution in [2.75, 3.05) is 4.90 Å². The van der Waals surface area contributed by atoms with E-state index in [0.717, 1.165) is 17.1 Å². The van der Waals surface area contributed by atoms with Gasteiger partial charge >= 0.3 is 0 Å². The average Bonchev–Trinajstić information content (AvgIpc) is 3.62. The van der Waals surface area contributed by atoms with Gasteiger partial charge in [0.1, 0.15) is 0 Å². The van der Waals surface area contributed by atoms with E-state index in [9.17, 15) is 0 Å². The Balaban J connectivity index is 1.05. The van der Waals surface area contributed by atoms with Gasteiger partial charge in [-0.3, -0.25) is 0 Å². The van der Waals surface area contributed by atoms with Gasteiger partial charge in [0.25, 0.3) is 0 Å². The van der Waals surface area contributed by atoms with Crippen molar-refractivity contribution in [1.29, 1.82) is 0 Å². The van der Waals surface area contributed by atoms with Crippen molar-refractivity contribution in [1.82, 2.24) is 0 Å². The van der Waals surface area contributed by atoms with Crippen molar-refractivity contribution < 1.29 is 0 Å². The first-order valence-electron chi connectivity index (χ1n) is 20.4. The highest BCUT2D eigenvalue weighted by Crippen LogP contribution is 2.54. The van der Waals surface area contributed by atoms with Crippen LogP contribution in [0.2, 0.25) is 10.0 Å². The maximum Gasteiger partial charge on any atom is 0.0465 e. The standard InChI is InChI=1S/C56H41Cl2N/c1-55(2)49-16-10-9-11-41(49)42-28-17-34(31-50(42)55)53-45-12-5-7-14-47(45)54(48-15-8-6-13-46(48)53)35-18-29-43-44-30-27-40(33-52(44)56(3,4)51(43)32-35)59(38-23-19-36(57)20-24-38)39-25-21-37(58)22-26-39/h5-33H,1-4H3. The Morgan fingerprint density at radius 1 is 0.339 bits per heavy atom. The molecule has 2 aliphatic carbocycles. The van der Waals surface area contributed by atoms with Gasteiger partial charge in [-0.25, -0.2) is 0 Å². The van der Waals surface area contributed by atoms with Crippen LogP contribution in [-0.2, 0) is 10.8 Å². The zero-order valence-electron chi connectivity index (χ0n) is 33.4. The summed E-state index contributed by atoms with van der Waals surface area (Å²) in [6, 6.07) is 64.2. The quantitative estimate of drug-likeness (QED) is 0.157. The van der Waals surface area contributed by atoms with Gasteiger partial charge in [-0.1, -0.05) is 154 Å². The number of rotatable bonds is 5. The molecule has 1 nitrogen and oxygen atoms in total. The predicted molar refractivity (Wildman–Crippen MR) is 252 cm³/mol. The van der Waals surface area contributed by atoms with Gasteiger partial charge in [-0.2, -0.15) is 0 Å². The fraction of sp³-hybridized carbons (Fsp3) is 0.107. The second-order valence-corrected chi connectivity index (χ2v) is 18.0. The van der Waals surface area contributed by atoms with E-state index >= 15 is 0 Å². The van der Waals surface area contributed by atoms with E-state index in [0.29, 0.717) is 10.0 Å². The molecule has 2 aliphatic rings. The average molecular weight is 799 g/mol. The molecule has 0 amide bonds. The first-order chi connectivity index (χ1) is 28.6. The molecule has 0 N–H and O–H groups in total. The van der Waals surface area contributed by atoms with Crippen molar-refractivity contribution in [2.24, 2.45) is 0 Å². The molecule has 0 fully saturated rings. The number of anilines is 3. The van der Waals surface area contributed by atoms with Gasteiger partial charge in [0.15, 0.2) is 0 Å². The summed E-state index contributed by atoms with van der Waals surface area (Å²) in [4.78, 5) is 2.28. The highest BCUT2D eigenvalue weighted by atomic mass is 35.5. The molecule has 284 valence electrons. The SMILES string of the molecule is CC1(C)c2ccccc2-c2ccc(-c3c4ccccc4c(-c4ccc5c(c4)C(C)(C)c4cc(N(c6ccc(Cl)cc6)c6ccc(Cl)cc6)ccc4-5)c4ccccc34)cc21. The smallest absolute Gasteiger partial charge is 0.0465 e. The van der Waals surface area contributed by atoms with Crippen molar-refractivity contribution >= 4 is 61.8 Å². The molecular formula is C56H41Cl2N. The molecule has 0 aromatic heterocycles. The minimum absolute atomic E-state index is 0.0764. The summed E-state index contributed by atoms with van der Waals surface area (Å²) in [5.41, 5.74) is 18.6. The highest BCUT2D eigenvalue weighted by molar-refractivity contribution is 6.31. The maximum atomic E-state index is 6.36. The number of hydrogen-bond acceptors (Lipinski definition) is 1. The molecule has 3 heteroatoms. The minimum Gasteiger partial charge on any atom is -0.310 e. The molecule has 0 spiro atoms. The highest BCUT2D eigenvalue weighted by Gasteiger charge is 2.38. The minimum atomic E-state index is -0.247. The molecule has 9 aromatic carbocycles. The predicted octanol–water partition coefficient (Wildman–Crippen LogP) is 16.7. The third-order valence-corrected chi connectivity index (χ3v) is 13.7. The molecule has 0 unspecified atom stereocenters. The third-order valence-electron chi connectivity index (χ3n) is 13.2. The Labute approximate surface area is 356 Å². The summed E-state index contributed by atoms with van der Waals surface area (Å²) >= 11 is 12.7. The summed E-state index contributed by atoms with van der Waals surface area (Å²) in [6.45, 7) is 9.47. The van der Waals surface area contributed by atoms with Gasteiger partial charge in [0.05, 0.1) is 0 Å². The molecule has 59 heavy (non-hydrogen) atoms. The van der Waals surface area contributed by atoms with Crippen molar-refractivity contribution in [3.63, 3.8) is 0 Å². The molecule has 0 aliphatic heterocycles. The third kappa shape index (κ3) is 5.45. The molecule has 0 radical (unpaired) electrons. The van der Waals surface area contributed by atoms with Gasteiger partial charge < -0.3 is 4.90 Å². The Hall–Kier alpha value is -6.12. The van der Waals surface area contributed by atoms with Crippen LogP contribution in [-0.4, -0.2) is 0 Å². The van der Waals surface area contributed by atoms with E-state index < -0.39 is 0 Å². The Kier molecular flexibility index (Phi) is 8.05. The second-order valence-electron chi connectivity index (χ2n) is 17.2. The summed E-state index contributed by atoms with van der Waals surface area (Å²) in [5.74, 6) is 0. The van der Waals surface area contributed by atoms with Gasteiger partial charge in [-0.05, 0) is 161 Å². The molecule has 0 saturated carbocycles. The largest absolute Gasteiger partial charge is 0.310 e. The Morgan fingerprint density at radius 2 is 0.695 bits per heavy atom. The Morgan fingerprint density at radius 3 is 1.17 bits per heavy atom. The number of hydrogen-bond donors (Lipinski definition) is 0. The van der Waals surface area contributed by atoms with Crippen LogP contribution in [0.15, 0.2) is 176 Å². The fourth-order valence-electron chi connectivity index (χ4n) is 10.3. The lowest BCUT2D eigenvalue weighted by molar-refractivity contribution is 0.660.